The van der Waals surface area contributed by atoms with E-state index < -0.39 is 11.8 Å². The van der Waals surface area contributed by atoms with Gasteiger partial charge in [-0.1, -0.05) is 0 Å². The molecule has 0 saturated heterocycles. The number of phenolic OH excluding ortho intramolecular Hbond substituents is 1. The molecule has 0 fully saturated rings. The zero-order valence-electron chi connectivity index (χ0n) is 15.4. The second-order valence-corrected chi connectivity index (χ2v) is 6.94. The van der Waals surface area contributed by atoms with Crippen molar-refractivity contribution in [1.82, 2.24) is 10.9 Å². The number of amides is 2. The minimum absolute atomic E-state index is 0.0421. The van der Waals surface area contributed by atoms with Crippen LogP contribution in [0, 0.1) is 6.92 Å². The standard InChI is InChI=1S/C19H21BrN2O5/c1-10(2)27-15-6-5-12(9-16(15)26-4)18(24)21-22-19(25)13-7-11(3)8-14(20)17(13)23/h5-10,23H,1-4H3,(H,21,24)(H,22,25). The van der Waals surface area contributed by atoms with Crippen molar-refractivity contribution in [2.24, 2.45) is 0 Å². The first kappa shape index (κ1) is 20.6. The van der Waals surface area contributed by atoms with E-state index in [1.165, 1.54) is 19.2 Å². The van der Waals surface area contributed by atoms with Gasteiger partial charge in [-0.2, -0.15) is 0 Å². The number of aromatic hydroxyl groups is 1. The van der Waals surface area contributed by atoms with E-state index in [-0.39, 0.29) is 23.0 Å². The van der Waals surface area contributed by atoms with E-state index in [2.05, 4.69) is 26.8 Å². The zero-order chi connectivity index (χ0) is 20.1. The van der Waals surface area contributed by atoms with Crippen molar-refractivity contribution in [2.75, 3.05) is 7.11 Å². The van der Waals surface area contributed by atoms with E-state index in [0.29, 0.717) is 16.0 Å². The summed E-state index contributed by atoms with van der Waals surface area (Å²) in [5, 5.41) is 9.99. The molecule has 2 amide bonds. The second kappa shape index (κ2) is 8.77. The van der Waals surface area contributed by atoms with E-state index in [9.17, 15) is 14.7 Å². The van der Waals surface area contributed by atoms with Gasteiger partial charge < -0.3 is 14.6 Å². The zero-order valence-corrected chi connectivity index (χ0v) is 17.0. The fourth-order valence-electron chi connectivity index (χ4n) is 2.32. The molecule has 0 spiro atoms. The topological polar surface area (TPSA) is 96.9 Å². The smallest absolute Gasteiger partial charge is 0.273 e. The summed E-state index contributed by atoms with van der Waals surface area (Å²) < 4.78 is 11.2. The van der Waals surface area contributed by atoms with Crippen molar-refractivity contribution in [3.63, 3.8) is 0 Å². The summed E-state index contributed by atoms with van der Waals surface area (Å²) in [7, 11) is 1.48. The van der Waals surface area contributed by atoms with Crippen LogP contribution in [0.5, 0.6) is 17.2 Å². The van der Waals surface area contributed by atoms with Crippen LogP contribution in [-0.4, -0.2) is 30.1 Å². The van der Waals surface area contributed by atoms with Crippen LogP contribution < -0.4 is 20.3 Å². The van der Waals surface area contributed by atoms with Crippen LogP contribution in [0.3, 0.4) is 0 Å². The maximum absolute atomic E-state index is 12.3. The highest BCUT2D eigenvalue weighted by Crippen LogP contribution is 2.30. The van der Waals surface area contributed by atoms with E-state index in [1.54, 1.807) is 25.1 Å². The summed E-state index contributed by atoms with van der Waals surface area (Å²) in [5.41, 5.74) is 5.70. The Labute approximate surface area is 165 Å². The van der Waals surface area contributed by atoms with Crippen molar-refractivity contribution >= 4 is 27.7 Å². The summed E-state index contributed by atoms with van der Waals surface area (Å²) in [6.45, 7) is 5.55. The lowest BCUT2D eigenvalue weighted by Gasteiger charge is -2.15. The molecule has 0 saturated carbocycles. The van der Waals surface area contributed by atoms with E-state index in [0.717, 1.165) is 5.56 Å². The minimum atomic E-state index is -0.642. The first-order valence-corrected chi connectivity index (χ1v) is 8.96. The maximum atomic E-state index is 12.3. The molecule has 2 aromatic rings. The van der Waals surface area contributed by atoms with E-state index in [1.807, 2.05) is 13.8 Å². The van der Waals surface area contributed by atoms with E-state index in [4.69, 9.17) is 9.47 Å². The van der Waals surface area contributed by atoms with Gasteiger partial charge in [0.15, 0.2) is 11.5 Å². The van der Waals surface area contributed by atoms with Crippen molar-refractivity contribution in [2.45, 2.75) is 26.9 Å². The number of halogens is 1. The molecule has 0 aliphatic carbocycles. The van der Waals surface area contributed by atoms with Crippen molar-refractivity contribution in [1.29, 1.82) is 0 Å². The molecule has 27 heavy (non-hydrogen) atoms. The van der Waals surface area contributed by atoms with Gasteiger partial charge in [0.2, 0.25) is 0 Å². The molecule has 0 aliphatic heterocycles. The molecule has 144 valence electrons. The van der Waals surface area contributed by atoms with Crippen LogP contribution in [0.25, 0.3) is 0 Å². The average Bonchev–Trinajstić information content (AvgIpc) is 2.62. The molecule has 3 N–H and O–H groups in total. The largest absolute Gasteiger partial charge is 0.506 e. The molecule has 0 atom stereocenters. The quantitative estimate of drug-likeness (QED) is 0.624. The number of benzene rings is 2. The summed E-state index contributed by atoms with van der Waals surface area (Å²) in [5.74, 6) is -0.462. The van der Waals surface area contributed by atoms with Crippen LogP contribution in [0.1, 0.15) is 40.1 Å². The third-order valence-electron chi connectivity index (χ3n) is 3.53. The van der Waals surface area contributed by atoms with Gasteiger partial charge in [0.05, 0.1) is 23.2 Å². The number of carbonyl (C=O) groups excluding carboxylic acids is 2. The molecule has 0 aliphatic rings. The number of hydrazine groups is 1. The Kier molecular flexibility index (Phi) is 6.68. The number of aryl methyl sites for hydroxylation is 1. The highest BCUT2D eigenvalue weighted by Gasteiger charge is 2.17. The Balaban J connectivity index is 2.10. The fourth-order valence-corrected chi connectivity index (χ4v) is 2.90. The number of rotatable bonds is 5. The number of phenols is 1. The van der Waals surface area contributed by atoms with Gasteiger partial charge in [0, 0.05) is 5.56 Å². The van der Waals surface area contributed by atoms with Crippen LogP contribution in [0.4, 0.5) is 0 Å². The minimum Gasteiger partial charge on any atom is -0.506 e. The lowest BCUT2D eigenvalue weighted by atomic mass is 10.1. The van der Waals surface area contributed by atoms with Crippen LogP contribution in [0.15, 0.2) is 34.8 Å². The molecule has 0 heterocycles. The van der Waals surface area contributed by atoms with Gasteiger partial charge in [-0.3, -0.25) is 20.4 Å². The van der Waals surface area contributed by atoms with Gasteiger partial charge >= 0.3 is 0 Å². The number of hydrogen-bond donors (Lipinski definition) is 3. The first-order valence-electron chi connectivity index (χ1n) is 8.17. The molecule has 0 radical (unpaired) electrons. The molecule has 2 aromatic carbocycles. The monoisotopic (exact) mass is 436 g/mol. The number of carbonyl (C=O) groups is 2. The lowest BCUT2D eigenvalue weighted by molar-refractivity contribution is 0.0844. The SMILES string of the molecule is COc1cc(C(=O)NNC(=O)c2cc(C)cc(Br)c2O)ccc1OC(C)C. The molecule has 7 nitrogen and oxygen atoms in total. The van der Waals surface area contributed by atoms with Crippen LogP contribution >= 0.6 is 15.9 Å². The Morgan fingerprint density at radius 3 is 2.37 bits per heavy atom. The average molecular weight is 437 g/mol. The second-order valence-electron chi connectivity index (χ2n) is 6.08. The summed E-state index contributed by atoms with van der Waals surface area (Å²) in [6.07, 6.45) is -0.0424. The number of nitrogens with one attached hydrogen (secondary N) is 2. The van der Waals surface area contributed by atoms with Crippen molar-refractivity contribution in [3.05, 3.63) is 51.5 Å². The number of hydrogen-bond acceptors (Lipinski definition) is 5. The molecular formula is C19H21BrN2O5. The fraction of sp³-hybridized carbons (Fsp3) is 0.263. The predicted octanol–water partition coefficient (Wildman–Crippen LogP) is 3.33. The third kappa shape index (κ3) is 5.13. The Bertz CT molecular complexity index is 867. The summed E-state index contributed by atoms with van der Waals surface area (Å²) in [6, 6.07) is 7.89. The lowest BCUT2D eigenvalue weighted by Crippen LogP contribution is -2.41. The van der Waals surface area contributed by atoms with Gasteiger partial charge in [-0.15, -0.1) is 0 Å². The molecule has 2 rings (SSSR count). The molecular weight excluding hydrogens is 416 g/mol. The Morgan fingerprint density at radius 1 is 1.07 bits per heavy atom. The Hall–Kier alpha value is -2.74. The third-order valence-corrected chi connectivity index (χ3v) is 4.13. The van der Waals surface area contributed by atoms with Crippen molar-refractivity contribution < 1.29 is 24.2 Å². The van der Waals surface area contributed by atoms with Crippen LogP contribution in [0.2, 0.25) is 0 Å². The van der Waals surface area contributed by atoms with Crippen LogP contribution in [-0.2, 0) is 0 Å². The normalized spacial score (nSPS) is 10.4. The van der Waals surface area contributed by atoms with Gasteiger partial charge in [-0.25, -0.2) is 0 Å². The highest BCUT2D eigenvalue weighted by molar-refractivity contribution is 9.10. The molecule has 8 heteroatoms. The molecule has 0 bridgehead atoms. The highest BCUT2D eigenvalue weighted by atomic mass is 79.9. The molecule has 0 aromatic heterocycles. The Morgan fingerprint density at radius 2 is 1.74 bits per heavy atom. The van der Waals surface area contributed by atoms with E-state index >= 15 is 0 Å². The van der Waals surface area contributed by atoms with Gasteiger partial charge in [0.1, 0.15) is 5.75 Å². The predicted molar refractivity (Wildman–Crippen MR) is 104 cm³/mol. The van der Waals surface area contributed by atoms with Crippen molar-refractivity contribution in [3.8, 4) is 17.2 Å². The summed E-state index contributed by atoms with van der Waals surface area (Å²) >= 11 is 3.18. The molecule has 0 unspecified atom stereocenters. The number of methoxy groups -OCH3 is 1. The first-order chi connectivity index (χ1) is 12.7. The van der Waals surface area contributed by atoms with Gasteiger partial charge in [0.25, 0.3) is 11.8 Å². The van der Waals surface area contributed by atoms with Gasteiger partial charge in [-0.05, 0) is 72.6 Å². The maximum Gasteiger partial charge on any atom is 0.273 e. The summed E-state index contributed by atoms with van der Waals surface area (Å²) in [4.78, 5) is 24.6. The number of ether oxygens (including phenoxy) is 2.